The van der Waals surface area contributed by atoms with Crippen LogP contribution >= 0.6 is 27.5 Å². The van der Waals surface area contributed by atoms with Crippen LogP contribution in [0.25, 0.3) is 0 Å². The van der Waals surface area contributed by atoms with Crippen LogP contribution in [0, 0.1) is 6.92 Å². The van der Waals surface area contributed by atoms with Crippen molar-refractivity contribution in [2.75, 3.05) is 4.72 Å². The number of nitrogens with one attached hydrogen (secondary N) is 1. The Morgan fingerprint density at radius 1 is 1.13 bits per heavy atom. The maximum absolute atomic E-state index is 12.9. The maximum atomic E-state index is 12.9. The Balaban J connectivity index is 2.42. The number of alkyl halides is 3. The molecule has 0 heterocycles. The molecule has 0 aliphatic rings. The van der Waals surface area contributed by atoms with Crippen LogP contribution in [0.5, 0.6) is 0 Å². The van der Waals surface area contributed by atoms with Gasteiger partial charge in [-0.05, 0) is 42.8 Å². The van der Waals surface area contributed by atoms with Crippen molar-refractivity contribution in [3.63, 3.8) is 0 Å². The van der Waals surface area contributed by atoms with Gasteiger partial charge in [0.25, 0.3) is 10.0 Å². The Bertz CT molecular complexity index is 854. The molecule has 124 valence electrons. The Hall–Kier alpha value is -1.25. The molecule has 23 heavy (non-hydrogen) atoms. The molecule has 2 rings (SSSR count). The minimum atomic E-state index is -4.67. The summed E-state index contributed by atoms with van der Waals surface area (Å²) in [6.07, 6.45) is -4.67. The predicted octanol–water partition coefficient (Wildman–Crippen LogP) is 5.23. The molecule has 0 saturated heterocycles. The van der Waals surface area contributed by atoms with Crippen LogP contribution in [-0.4, -0.2) is 8.42 Å². The molecule has 2 aromatic rings. The zero-order valence-electron chi connectivity index (χ0n) is 11.6. The molecule has 1 N–H and O–H groups in total. The summed E-state index contributed by atoms with van der Waals surface area (Å²) in [5.74, 6) is 0. The zero-order chi connectivity index (χ0) is 17.4. The largest absolute Gasteiger partial charge is 0.417 e. The number of sulfonamides is 1. The zero-order valence-corrected chi connectivity index (χ0v) is 14.7. The van der Waals surface area contributed by atoms with E-state index in [1.807, 2.05) is 0 Å². The normalized spacial score (nSPS) is 12.3. The molecule has 9 heteroatoms. The van der Waals surface area contributed by atoms with Gasteiger partial charge >= 0.3 is 6.18 Å². The van der Waals surface area contributed by atoms with Gasteiger partial charge in [0.2, 0.25) is 0 Å². The molecule has 0 radical (unpaired) electrons. The summed E-state index contributed by atoms with van der Waals surface area (Å²) in [6.45, 7) is 1.74. The molecule has 0 saturated carbocycles. The summed E-state index contributed by atoms with van der Waals surface area (Å²) >= 11 is 8.67. The first kappa shape index (κ1) is 18.1. The van der Waals surface area contributed by atoms with Crippen molar-refractivity contribution < 1.29 is 21.6 Å². The molecule has 2 aromatic carbocycles. The van der Waals surface area contributed by atoms with E-state index < -0.39 is 26.7 Å². The van der Waals surface area contributed by atoms with Crippen molar-refractivity contribution >= 4 is 43.2 Å². The van der Waals surface area contributed by atoms with Crippen LogP contribution in [0.3, 0.4) is 0 Å². The number of rotatable bonds is 3. The van der Waals surface area contributed by atoms with E-state index in [1.54, 1.807) is 13.0 Å². The first-order valence-electron chi connectivity index (χ1n) is 6.16. The van der Waals surface area contributed by atoms with Crippen LogP contribution in [0.15, 0.2) is 45.8 Å². The van der Waals surface area contributed by atoms with Crippen LogP contribution in [-0.2, 0) is 16.2 Å². The maximum Gasteiger partial charge on any atom is 0.417 e. The second-order valence-corrected chi connectivity index (χ2v) is 7.65. The number of benzene rings is 2. The van der Waals surface area contributed by atoms with Crippen LogP contribution in [0.2, 0.25) is 5.02 Å². The van der Waals surface area contributed by atoms with Crippen molar-refractivity contribution in [3.05, 3.63) is 57.0 Å². The fourth-order valence-electron chi connectivity index (χ4n) is 1.76. The standard InChI is InChI=1S/C14H10BrClF3NO2S/c1-8-2-3-9(6-13(8)16)20-23(21,22)10-4-5-12(15)11(7-10)14(17,18)19/h2-7,20H,1H3. The van der Waals surface area contributed by atoms with Crippen molar-refractivity contribution in [2.24, 2.45) is 0 Å². The van der Waals surface area contributed by atoms with Gasteiger partial charge in [-0.3, -0.25) is 4.72 Å². The van der Waals surface area contributed by atoms with E-state index in [2.05, 4.69) is 20.7 Å². The summed E-state index contributed by atoms with van der Waals surface area (Å²) < 4.78 is 65.1. The summed E-state index contributed by atoms with van der Waals surface area (Å²) in [6, 6.07) is 7.16. The predicted molar refractivity (Wildman–Crippen MR) is 86.1 cm³/mol. The smallest absolute Gasteiger partial charge is 0.280 e. The molecule has 3 nitrogen and oxygen atoms in total. The highest BCUT2D eigenvalue weighted by atomic mass is 79.9. The van der Waals surface area contributed by atoms with E-state index >= 15 is 0 Å². The monoisotopic (exact) mass is 427 g/mol. The van der Waals surface area contributed by atoms with Gasteiger partial charge in [-0.2, -0.15) is 13.2 Å². The minimum Gasteiger partial charge on any atom is -0.280 e. The summed E-state index contributed by atoms with van der Waals surface area (Å²) in [7, 11) is -4.17. The number of hydrogen-bond donors (Lipinski definition) is 1. The van der Waals surface area contributed by atoms with E-state index in [4.69, 9.17) is 11.6 Å². The van der Waals surface area contributed by atoms with Crippen LogP contribution in [0.4, 0.5) is 18.9 Å². The average Bonchev–Trinajstić information content (AvgIpc) is 2.41. The van der Waals surface area contributed by atoms with E-state index in [-0.39, 0.29) is 10.2 Å². The SMILES string of the molecule is Cc1ccc(NS(=O)(=O)c2ccc(Br)c(C(F)(F)F)c2)cc1Cl. The molecule has 0 atom stereocenters. The molecule has 0 amide bonds. The third kappa shape index (κ3) is 4.19. The van der Waals surface area contributed by atoms with E-state index in [9.17, 15) is 21.6 Å². The first-order chi connectivity index (χ1) is 10.5. The quantitative estimate of drug-likeness (QED) is 0.727. The van der Waals surface area contributed by atoms with E-state index in [0.717, 1.165) is 17.7 Å². The van der Waals surface area contributed by atoms with Gasteiger partial charge in [0.1, 0.15) is 0 Å². The highest BCUT2D eigenvalue weighted by Crippen LogP contribution is 2.36. The molecule has 0 unspecified atom stereocenters. The molecular weight excluding hydrogens is 419 g/mol. The number of anilines is 1. The third-order valence-electron chi connectivity index (χ3n) is 2.98. The molecule has 0 spiro atoms. The molecule has 0 aliphatic carbocycles. The van der Waals surface area contributed by atoms with Crippen molar-refractivity contribution in [3.8, 4) is 0 Å². The topological polar surface area (TPSA) is 46.2 Å². The first-order valence-corrected chi connectivity index (χ1v) is 8.82. The lowest BCUT2D eigenvalue weighted by Gasteiger charge is -2.13. The Kier molecular flexibility index (Phi) is 4.98. The van der Waals surface area contributed by atoms with Crippen molar-refractivity contribution in [2.45, 2.75) is 18.0 Å². The molecule has 0 fully saturated rings. The Morgan fingerprint density at radius 3 is 2.35 bits per heavy atom. The summed E-state index contributed by atoms with van der Waals surface area (Å²) in [5.41, 5.74) is -0.156. The molecular formula is C14H10BrClF3NO2S. The Morgan fingerprint density at radius 2 is 1.78 bits per heavy atom. The highest BCUT2D eigenvalue weighted by molar-refractivity contribution is 9.10. The highest BCUT2D eigenvalue weighted by Gasteiger charge is 2.34. The summed E-state index contributed by atoms with van der Waals surface area (Å²) in [5, 5.41) is 0.344. The third-order valence-corrected chi connectivity index (χ3v) is 5.46. The fourth-order valence-corrected chi connectivity index (χ4v) is 3.49. The minimum absolute atomic E-state index is 0.164. The van der Waals surface area contributed by atoms with Gasteiger partial charge in [-0.25, -0.2) is 8.42 Å². The lowest BCUT2D eigenvalue weighted by molar-refractivity contribution is -0.138. The van der Waals surface area contributed by atoms with Gasteiger partial charge in [0, 0.05) is 9.50 Å². The number of aryl methyl sites for hydroxylation is 1. The molecule has 0 aliphatic heterocycles. The average molecular weight is 429 g/mol. The van der Waals surface area contributed by atoms with Crippen molar-refractivity contribution in [1.29, 1.82) is 0 Å². The fraction of sp³-hybridized carbons (Fsp3) is 0.143. The number of hydrogen-bond acceptors (Lipinski definition) is 2. The lowest BCUT2D eigenvalue weighted by Crippen LogP contribution is -2.15. The van der Waals surface area contributed by atoms with Crippen molar-refractivity contribution in [1.82, 2.24) is 0 Å². The molecule has 0 bridgehead atoms. The second-order valence-electron chi connectivity index (χ2n) is 4.71. The van der Waals surface area contributed by atoms with E-state index in [1.165, 1.54) is 12.1 Å². The Labute approximate surface area is 144 Å². The molecule has 0 aromatic heterocycles. The van der Waals surface area contributed by atoms with Crippen LogP contribution < -0.4 is 4.72 Å². The number of halogens is 5. The van der Waals surface area contributed by atoms with Gasteiger partial charge in [-0.1, -0.05) is 33.6 Å². The van der Waals surface area contributed by atoms with E-state index in [0.29, 0.717) is 11.1 Å². The van der Waals surface area contributed by atoms with Gasteiger partial charge in [0.15, 0.2) is 0 Å². The summed E-state index contributed by atoms with van der Waals surface area (Å²) in [4.78, 5) is -0.496. The lowest BCUT2D eigenvalue weighted by atomic mass is 10.2. The van der Waals surface area contributed by atoms with Crippen LogP contribution in [0.1, 0.15) is 11.1 Å². The second kappa shape index (κ2) is 6.33. The van der Waals surface area contributed by atoms with Gasteiger partial charge in [0.05, 0.1) is 16.1 Å². The van der Waals surface area contributed by atoms with Gasteiger partial charge < -0.3 is 0 Å². The van der Waals surface area contributed by atoms with Gasteiger partial charge in [-0.15, -0.1) is 0 Å².